The molecule has 0 bridgehead atoms. The molecular formula is C30H38FN7O3. The van der Waals surface area contributed by atoms with Gasteiger partial charge in [0.2, 0.25) is 17.8 Å². The summed E-state index contributed by atoms with van der Waals surface area (Å²) in [6.07, 6.45) is 8.55. The minimum atomic E-state index is -0.577. The average Bonchev–Trinajstić information content (AvgIpc) is 3.73. The van der Waals surface area contributed by atoms with E-state index in [1.165, 1.54) is 24.2 Å². The number of nitrogens with one attached hydrogen (secondary N) is 3. The largest absolute Gasteiger partial charge is 0.494 e. The van der Waals surface area contributed by atoms with Crippen LogP contribution in [0.15, 0.2) is 36.5 Å². The Morgan fingerprint density at radius 3 is 2.63 bits per heavy atom. The van der Waals surface area contributed by atoms with Crippen molar-refractivity contribution in [3.63, 3.8) is 0 Å². The number of nitrogens with zero attached hydrogens (tertiary/aromatic N) is 4. The zero-order chi connectivity index (χ0) is 29.5. The minimum Gasteiger partial charge on any atom is -0.494 e. The summed E-state index contributed by atoms with van der Waals surface area (Å²) in [4.78, 5) is 37.4. The fraction of sp³-hybridized carbons (Fsp3) is 0.467. The molecule has 0 aliphatic heterocycles. The number of hydrogen-bond donors (Lipinski definition) is 3. The molecule has 1 atom stereocenters. The van der Waals surface area contributed by atoms with Crippen LogP contribution in [0.4, 0.5) is 21.8 Å². The number of ether oxygens (including phenoxy) is 1. The van der Waals surface area contributed by atoms with Crippen LogP contribution in [0.1, 0.15) is 38.2 Å². The van der Waals surface area contributed by atoms with Crippen molar-refractivity contribution in [2.24, 2.45) is 5.92 Å². The van der Waals surface area contributed by atoms with E-state index in [0.29, 0.717) is 35.6 Å². The van der Waals surface area contributed by atoms with Gasteiger partial charge in [-0.05, 0) is 58.8 Å². The highest BCUT2D eigenvalue weighted by molar-refractivity contribution is 5.92. The molecule has 2 saturated carbocycles. The monoisotopic (exact) mass is 563 g/mol. The molecule has 0 saturated heterocycles. The van der Waals surface area contributed by atoms with Gasteiger partial charge in [0, 0.05) is 49.4 Å². The minimum absolute atomic E-state index is 0.0220. The molecule has 41 heavy (non-hydrogen) atoms. The van der Waals surface area contributed by atoms with Crippen LogP contribution in [-0.2, 0) is 9.59 Å². The molecule has 0 unspecified atom stereocenters. The Balaban J connectivity index is 1.31. The summed E-state index contributed by atoms with van der Waals surface area (Å²) in [7, 11) is 6.89. The standard InChI is InChI=1S/C30H38FN7O3/c1-19(38(4)27(39)7-6-14-37(2)3)29(40)34-24-15-20(16-24)8-9-21-18-32-30(36-28(21)33-22-10-11-22)35-23-12-13-26(41-5)25(31)17-23/h6-7,12-13,17-20,22,24H,10-11,14-16H2,1-5H3,(H,34,40)(H2,32,33,35,36)/b7-6+/t19-,20-,24+/m0/s1. The first kappa shape index (κ1) is 29.8. The summed E-state index contributed by atoms with van der Waals surface area (Å²) in [5.41, 5.74) is 1.19. The zero-order valence-electron chi connectivity index (χ0n) is 24.2. The maximum atomic E-state index is 14.1. The van der Waals surface area contributed by atoms with E-state index in [2.05, 4.69) is 37.8 Å². The summed E-state index contributed by atoms with van der Waals surface area (Å²) in [6, 6.07) is 4.36. The first-order chi connectivity index (χ1) is 19.6. The Morgan fingerprint density at radius 1 is 1.22 bits per heavy atom. The SMILES string of the molecule is COc1ccc(Nc2ncc(C#C[C@H]3C[C@@H](NC(=O)[C@H](C)N(C)C(=O)/C=C/CN(C)C)C3)c(NC3CC3)n2)cc1F. The highest BCUT2D eigenvalue weighted by atomic mass is 19.1. The van der Waals surface area contributed by atoms with E-state index in [-0.39, 0.29) is 29.5 Å². The van der Waals surface area contributed by atoms with E-state index >= 15 is 0 Å². The quantitative estimate of drug-likeness (QED) is 0.283. The van der Waals surface area contributed by atoms with Crippen LogP contribution in [0, 0.1) is 23.6 Å². The second-order valence-corrected chi connectivity index (χ2v) is 10.8. The van der Waals surface area contributed by atoms with E-state index in [4.69, 9.17) is 4.74 Å². The number of halogens is 1. The molecule has 218 valence electrons. The van der Waals surface area contributed by atoms with Crippen LogP contribution >= 0.6 is 0 Å². The molecule has 0 radical (unpaired) electrons. The zero-order valence-corrected chi connectivity index (χ0v) is 24.2. The molecule has 3 N–H and O–H groups in total. The van der Waals surface area contributed by atoms with Crippen LogP contribution in [0.5, 0.6) is 5.75 Å². The van der Waals surface area contributed by atoms with Gasteiger partial charge in [-0.2, -0.15) is 4.98 Å². The van der Waals surface area contributed by atoms with Crippen LogP contribution < -0.4 is 20.7 Å². The highest BCUT2D eigenvalue weighted by Crippen LogP contribution is 2.29. The summed E-state index contributed by atoms with van der Waals surface area (Å²) in [5, 5.41) is 9.46. The van der Waals surface area contributed by atoms with E-state index in [1.54, 1.807) is 38.4 Å². The van der Waals surface area contributed by atoms with Gasteiger partial charge in [0.1, 0.15) is 11.9 Å². The van der Waals surface area contributed by atoms with Crippen LogP contribution in [-0.4, -0.2) is 84.5 Å². The Morgan fingerprint density at radius 2 is 1.98 bits per heavy atom. The molecule has 2 fully saturated rings. The predicted molar refractivity (Wildman–Crippen MR) is 156 cm³/mol. The van der Waals surface area contributed by atoms with Crippen LogP contribution in [0.2, 0.25) is 0 Å². The van der Waals surface area contributed by atoms with E-state index in [0.717, 1.165) is 25.7 Å². The molecule has 1 heterocycles. The number of amides is 2. The molecule has 0 spiro atoms. The Kier molecular flexibility index (Phi) is 9.78. The average molecular weight is 564 g/mol. The Bertz CT molecular complexity index is 1340. The van der Waals surface area contributed by atoms with Gasteiger partial charge in [-0.25, -0.2) is 9.37 Å². The third-order valence-electron chi connectivity index (χ3n) is 7.05. The number of methoxy groups -OCH3 is 1. The summed E-state index contributed by atoms with van der Waals surface area (Å²) in [6.45, 7) is 2.38. The first-order valence-corrected chi connectivity index (χ1v) is 13.8. The van der Waals surface area contributed by atoms with Gasteiger partial charge >= 0.3 is 0 Å². The van der Waals surface area contributed by atoms with Crippen molar-refractivity contribution in [1.29, 1.82) is 0 Å². The van der Waals surface area contributed by atoms with Crippen molar-refractivity contribution in [3.05, 3.63) is 47.9 Å². The van der Waals surface area contributed by atoms with Gasteiger partial charge < -0.3 is 30.5 Å². The Labute approximate surface area is 240 Å². The fourth-order valence-corrected chi connectivity index (χ4v) is 4.14. The number of aromatic nitrogens is 2. The molecule has 2 aliphatic rings. The number of likely N-dealkylation sites (N-methyl/N-ethyl adjacent to an activating group) is 2. The number of hydrogen-bond acceptors (Lipinski definition) is 8. The first-order valence-electron chi connectivity index (χ1n) is 13.8. The summed E-state index contributed by atoms with van der Waals surface area (Å²) < 4.78 is 19.0. The van der Waals surface area contributed by atoms with E-state index < -0.39 is 11.9 Å². The predicted octanol–water partition coefficient (Wildman–Crippen LogP) is 3.15. The lowest BCUT2D eigenvalue weighted by molar-refractivity contribution is -0.135. The fourth-order valence-electron chi connectivity index (χ4n) is 4.14. The highest BCUT2D eigenvalue weighted by Gasteiger charge is 2.31. The summed E-state index contributed by atoms with van der Waals surface area (Å²) >= 11 is 0. The van der Waals surface area contributed by atoms with Gasteiger partial charge in [0.15, 0.2) is 11.6 Å². The van der Waals surface area contributed by atoms with Gasteiger partial charge in [0.25, 0.3) is 0 Å². The maximum absolute atomic E-state index is 14.1. The van der Waals surface area contributed by atoms with Crippen molar-refractivity contribution in [2.45, 2.75) is 50.7 Å². The topological polar surface area (TPSA) is 112 Å². The third kappa shape index (κ3) is 8.41. The van der Waals surface area contributed by atoms with Crippen LogP contribution in [0.3, 0.4) is 0 Å². The molecule has 2 amide bonds. The van der Waals surface area contributed by atoms with Gasteiger partial charge in [-0.3, -0.25) is 9.59 Å². The van der Waals surface area contributed by atoms with E-state index in [9.17, 15) is 14.0 Å². The molecular weight excluding hydrogens is 525 g/mol. The molecule has 1 aromatic heterocycles. The number of anilines is 3. The number of rotatable bonds is 11. The maximum Gasteiger partial charge on any atom is 0.246 e. The number of carbonyl (C=O) groups is 2. The van der Waals surface area contributed by atoms with Crippen molar-refractivity contribution < 1.29 is 18.7 Å². The smallest absolute Gasteiger partial charge is 0.246 e. The van der Waals surface area contributed by atoms with Crippen LogP contribution in [0.25, 0.3) is 0 Å². The second-order valence-electron chi connectivity index (χ2n) is 10.8. The summed E-state index contributed by atoms with van der Waals surface area (Å²) in [5.74, 6) is 6.89. The lowest BCUT2D eigenvalue weighted by atomic mass is 9.80. The Hall–Kier alpha value is -4.17. The molecule has 4 rings (SSSR count). The molecule has 2 aromatic rings. The van der Waals surface area contributed by atoms with Crippen molar-refractivity contribution in [1.82, 2.24) is 25.1 Å². The lowest BCUT2D eigenvalue weighted by Crippen LogP contribution is -2.51. The normalized spacial score (nSPS) is 18.6. The van der Waals surface area contributed by atoms with Gasteiger partial charge in [0.05, 0.1) is 18.9 Å². The van der Waals surface area contributed by atoms with E-state index in [1.807, 2.05) is 19.0 Å². The lowest BCUT2D eigenvalue weighted by Gasteiger charge is -2.34. The second kappa shape index (κ2) is 13.5. The van der Waals surface area contributed by atoms with Crippen molar-refractivity contribution in [3.8, 4) is 17.6 Å². The number of carbonyl (C=O) groups excluding carboxylic acids is 2. The van der Waals surface area contributed by atoms with Gasteiger partial charge in [-0.15, -0.1) is 0 Å². The molecule has 1 aromatic carbocycles. The van der Waals surface area contributed by atoms with Crippen molar-refractivity contribution >= 4 is 29.3 Å². The number of benzene rings is 1. The third-order valence-corrected chi connectivity index (χ3v) is 7.05. The molecule has 10 nitrogen and oxygen atoms in total. The molecule has 11 heteroatoms. The molecule has 2 aliphatic carbocycles. The van der Waals surface area contributed by atoms with Crippen molar-refractivity contribution in [2.75, 3.05) is 45.4 Å². The van der Waals surface area contributed by atoms with Gasteiger partial charge in [-0.1, -0.05) is 17.9 Å².